The minimum Gasteiger partial charge on any atom is -0.343 e. The Hall–Kier alpha value is -2.72. The molecule has 0 fully saturated rings. The lowest BCUT2D eigenvalue weighted by Gasteiger charge is -2.24. The number of fused-ring (bicyclic) bond motifs is 1. The van der Waals surface area contributed by atoms with E-state index in [-0.39, 0.29) is 10.6 Å². The molecule has 0 saturated heterocycles. The Morgan fingerprint density at radius 2 is 1.62 bits per heavy atom. The van der Waals surface area contributed by atoms with Crippen molar-refractivity contribution in [2.75, 3.05) is 0 Å². The first-order valence-electron chi connectivity index (χ1n) is 9.90. The molecule has 1 aromatic heterocycles. The molecule has 172 valence electrons. The molecule has 2 N–H and O–H groups in total. The lowest BCUT2D eigenvalue weighted by molar-refractivity contribution is -0.379. The van der Waals surface area contributed by atoms with E-state index in [1.807, 2.05) is 4.72 Å². The molecule has 32 heavy (non-hydrogen) atoms. The first kappa shape index (κ1) is 23.9. The molecule has 0 aliphatic rings. The summed E-state index contributed by atoms with van der Waals surface area (Å²) in [6.07, 6.45) is -4.83. The van der Waals surface area contributed by atoms with Crippen LogP contribution in [-0.2, 0) is 16.6 Å². The van der Waals surface area contributed by atoms with Crippen molar-refractivity contribution < 1.29 is 26.8 Å². The number of halogens is 3. The van der Waals surface area contributed by atoms with Crippen molar-refractivity contribution in [1.82, 2.24) is 9.29 Å². The zero-order chi connectivity index (χ0) is 24.0. The largest absolute Gasteiger partial charge is 0.406 e. The van der Waals surface area contributed by atoms with Crippen molar-refractivity contribution in [2.24, 2.45) is 0 Å². The van der Waals surface area contributed by atoms with Gasteiger partial charge in [0.1, 0.15) is 6.04 Å². The molecule has 6 nitrogen and oxygen atoms in total. The van der Waals surface area contributed by atoms with Gasteiger partial charge < -0.3 is 4.57 Å². The number of aromatic nitrogens is 1. The second-order valence-electron chi connectivity index (χ2n) is 8.10. The van der Waals surface area contributed by atoms with Crippen molar-refractivity contribution in [3.05, 3.63) is 63.2 Å². The lowest BCUT2D eigenvalue weighted by atomic mass is 10.1. The number of rotatable bonds is 6. The number of nitrogens with zero attached hydrogens (tertiary/aromatic N) is 1. The second-order valence-corrected chi connectivity index (χ2v) is 9.75. The van der Waals surface area contributed by atoms with Crippen LogP contribution in [0, 0.1) is 39.5 Å². The maximum atomic E-state index is 14.0. The summed E-state index contributed by atoms with van der Waals surface area (Å²) >= 11 is 0. The normalized spacial score (nSPS) is 13.5. The summed E-state index contributed by atoms with van der Waals surface area (Å²) in [5.41, 5.74) is 3.62. The summed E-state index contributed by atoms with van der Waals surface area (Å²) in [5.74, 6) is 0. The van der Waals surface area contributed by atoms with E-state index in [0.29, 0.717) is 33.3 Å². The number of hydrogen-bond acceptors (Lipinski definition) is 3. The molecule has 0 saturated carbocycles. The van der Waals surface area contributed by atoms with Gasteiger partial charge in [-0.05, 0) is 57.4 Å². The van der Waals surface area contributed by atoms with Crippen LogP contribution < -0.4 is 9.90 Å². The predicted molar refractivity (Wildman–Crippen MR) is 116 cm³/mol. The first-order valence-corrected chi connectivity index (χ1v) is 11.4. The number of aryl methyl sites for hydroxylation is 4. The van der Waals surface area contributed by atoms with E-state index in [2.05, 4.69) is 0 Å². The highest BCUT2D eigenvalue weighted by Crippen LogP contribution is 2.31. The van der Waals surface area contributed by atoms with Crippen LogP contribution in [-0.4, -0.2) is 25.2 Å². The van der Waals surface area contributed by atoms with Gasteiger partial charge in [0.25, 0.3) is 5.69 Å². The summed E-state index contributed by atoms with van der Waals surface area (Å²) in [5, 5.41) is 2.40. The van der Waals surface area contributed by atoms with Crippen molar-refractivity contribution in [3.63, 3.8) is 0 Å². The zero-order valence-corrected chi connectivity index (χ0v) is 19.2. The van der Waals surface area contributed by atoms with Crippen LogP contribution in [0.25, 0.3) is 10.9 Å². The fourth-order valence-electron chi connectivity index (χ4n) is 4.18. The molecule has 0 bridgehead atoms. The Bertz CT molecular complexity index is 1290. The van der Waals surface area contributed by atoms with Crippen LogP contribution in [0.1, 0.15) is 27.9 Å². The molecule has 3 rings (SSSR count). The zero-order valence-electron chi connectivity index (χ0n) is 18.4. The molecule has 0 spiro atoms. The fraction of sp³-hybridized carbons (Fsp3) is 0.364. The molecule has 10 heteroatoms. The second kappa shape index (κ2) is 8.32. The Morgan fingerprint density at radius 3 is 2.16 bits per heavy atom. The smallest absolute Gasteiger partial charge is 0.343 e. The SMILES string of the molecule is Cc1cc(C)c(S(=O)(=O)NC(Cn2c(C)c(C)c3cc([NH+]=O)ccc32)C(F)(F)F)c(C)c1. The minimum absolute atomic E-state index is 0.145. The van der Waals surface area contributed by atoms with E-state index in [1.54, 1.807) is 64.1 Å². The van der Waals surface area contributed by atoms with E-state index in [0.717, 1.165) is 5.56 Å². The monoisotopic (exact) mass is 468 g/mol. The molecule has 0 amide bonds. The standard InChI is InChI=1S/C22H24F3N3O3S/c1-12-8-13(2)21(14(3)9-12)32(30,31)27-20(22(23,24)25)11-28-16(5)15(4)18-10-17(26-29)6-7-19(18)28/h6-10,20,27H,11H2,1-5H3/p+1. The van der Waals surface area contributed by atoms with Gasteiger partial charge in [-0.25, -0.2) is 8.42 Å². The van der Waals surface area contributed by atoms with Crippen LogP contribution in [0.4, 0.5) is 18.9 Å². The van der Waals surface area contributed by atoms with E-state index >= 15 is 0 Å². The third kappa shape index (κ3) is 4.42. The van der Waals surface area contributed by atoms with E-state index in [4.69, 9.17) is 0 Å². The Kier molecular flexibility index (Phi) is 6.23. The molecule has 0 aliphatic carbocycles. The number of alkyl halides is 3. The third-order valence-electron chi connectivity index (χ3n) is 5.69. The average molecular weight is 469 g/mol. The molecule has 1 unspecified atom stereocenters. The van der Waals surface area contributed by atoms with Gasteiger partial charge in [0.15, 0.2) is 0 Å². The van der Waals surface area contributed by atoms with Crippen LogP contribution in [0.5, 0.6) is 0 Å². The van der Waals surface area contributed by atoms with Gasteiger partial charge in [0, 0.05) is 45.4 Å². The van der Waals surface area contributed by atoms with Gasteiger partial charge in [-0.2, -0.15) is 17.9 Å². The van der Waals surface area contributed by atoms with Crippen LogP contribution in [0.15, 0.2) is 35.2 Å². The van der Waals surface area contributed by atoms with Crippen molar-refractivity contribution >= 4 is 26.6 Å². The molecular weight excluding hydrogens is 443 g/mol. The highest BCUT2D eigenvalue weighted by atomic mass is 32.2. The first-order chi connectivity index (χ1) is 14.8. The van der Waals surface area contributed by atoms with Crippen molar-refractivity contribution in [2.45, 2.75) is 58.3 Å². The van der Waals surface area contributed by atoms with Crippen LogP contribution >= 0.6 is 0 Å². The van der Waals surface area contributed by atoms with Gasteiger partial charge in [-0.3, -0.25) is 0 Å². The van der Waals surface area contributed by atoms with Gasteiger partial charge in [-0.1, -0.05) is 17.7 Å². The Morgan fingerprint density at radius 1 is 1.03 bits per heavy atom. The number of nitroso groups, excluding NO2 is 1. The molecule has 1 heterocycles. The molecular formula is C22H25F3N3O3S+. The molecule has 3 aromatic rings. The number of nitrogens with one attached hydrogen (secondary N) is 2. The van der Waals surface area contributed by atoms with Gasteiger partial charge in [0.2, 0.25) is 10.0 Å². The van der Waals surface area contributed by atoms with E-state index in [9.17, 15) is 26.5 Å². The van der Waals surface area contributed by atoms with E-state index in [1.165, 1.54) is 10.6 Å². The van der Waals surface area contributed by atoms with Crippen LogP contribution in [0.2, 0.25) is 0 Å². The topological polar surface area (TPSA) is 82.1 Å². The van der Waals surface area contributed by atoms with Crippen LogP contribution in [0.3, 0.4) is 0 Å². The summed E-state index contributed by atoms with van der Waals surface area (Å²) < 4.78 is 71.3. The third-order valence-corrected chi connectivity index (χ3v) is 7.46. The molecule has 1 atom stereocenters. The van der Waals surface area contributed by atoms with Crippen molar-refractivity contribution in [3.8, 4) is 0 Å². The predicted octanol–water partition coefficient (Wildman–Crippen LogP) is 3.57. The molecule has 2 aromatic carbocycles. The maximum Gasteiger partial charge on any atom is 0.406 e. The number of sulfonamides is 1. The Labute approximate surface area is 184 Å². The Balaban J connectivity index is 2.07. The average Bonchev–Trinajstić information content (AvgIpc) is 2.89. The number of benzene rings is 2. The molecule has 0 aliphatic heterocycles. The summed E-state index contributed by atoms with van der Waals surface area (Å²) in [4.78, 5) is 10.8. The fourth-order valence-corrected chi connectivity index (χ4v) is 5.84. The maximum absolute atomic E-state index is 14.0. The van der Waals surface area contributed by atoms with E-state index < -0.39 is 28.8 Å². The summed E-state index contributed by atoms with van der Waals surface area (Å²) in [7, 11) is -4.45. The minimum atomic E-state index is -4.83. The number of hydrogen-bond donors (Lipinski definition) is 2. The van der Waals surface area contributed by atoms with Gasteiger partial charge >= 0.3 is 6.18 Å². The van der Waals surface area contributed by atoms with Gasteiger partial charge in [0.05, 0.1) is 4.90 Å². The molecule has 0 radical (unpaired) electrons. The quantitative estimate of drug-likeness (QED) is 0.580. The highest BCUT2D eigenvalue weighted by Gasteiger charge is 2.43. The highest BCUT2D eigenvalue weighted by molar-refractivity contribution is 7.89. The van der Waals surface area contributed by atoms with Crippen molar-refractivity contribution in [1.29, 1.82) is 0 Å². The summed E-state index contributed by atoms with van der Waals surface area (Å²) in [6.45, 7) is 7.67. The summed E-state index contributed by atoms with van der Waals surface area (Å²) in [6, 6.07) is 5.48. The lowest BCUT2D eigenvalue weighted by Crippen LogP contribution is -2.55. The van der Waals surface area contributed by atoms with Gasteiger partial charge in [-0.15, -0.1) is 0 Å².